The molecule has 3 aliphatic rings. The van der Waals surface area contributed by atoms with Gasteiger partial charge in [0, 0.05) is 18.6 Å². The highest BCUT2D eigenvalue weighted by molar-refractivity contribution is 5.78. The van der Waals surface area contributed by atoms with Crippen LogP contribution in [0.1, 0.15) is 58.6 Å². The maximum Gasteiger partial charge on any atom is 0.255 e. The number of carbonyl (C=O) groups excluding carboxylic acids is 2. The van der Waals surface area contributed by atoms with Gasteiger partial charge in [-0.05, 0) is 59.6 Å². The second kappa shape index (κ2) is 8.25. The van der Waals surface area contributed by atoms with Crippen molar-refractivity contribution >= 4 is 11.8 Å². The van der Waals surface area contributed by atoms with Gasteiger partial charge in [0.05, 0.1) is 13.2 Å². The van der Waals surface area contributed by atoms with Gasteiger partial charge < -0.3 is 25.3 Å². The van der Waals surface area contributed by atoms with Crippen molar-refractivity contribution in [3.05, 3.63) is 23.8 Å². The van der Waals surface area contributed by atoms with Crippen LogP contribution in [0.2, 0.25) is 0 Å². The predicted octanol–water partition coefficient (Wildman–Crippen LogP) is 3.21. The topological polar surface area (TPSA) is 99.9 Å². The lowest BCUT2D eigenvalue weighted by atomic mass is 9.58. The van der Waals surface area contributed by atoms with Crippen LogP contribution in [0.4, 0.5) is 0 Å². The molecule has 1 heterocycles. The average Bonchev–Trinajstić information content (AvgIpc) is 3.24. The van der Waals surface area contributed by atoms with E-state index in [1.54, 1.807) is 7.11 Å². The third-order valence-electron chi connectivity index (χ3n) is 8.20. The molecule has 7 nitrogen and oxygen atoms in total. The smallest absolute Gasteiger partial charge is 0.255 e. The van der Waals surface area contributed by atoms with Crippen LogP contribution in [0.25, 0.3) is 0 Å². The van der Waals surface area contributed by atoms with Gasteiger partial charge in [-0.2, -0.15) is 0 Å². The number of ether oxygens (including phenoxy) is 3. The molecule has 1 aromatic rings. The number of hydrogen-bond donors (Lipinski definition) is 2. The molecule has 1 unspecified atom stereocenters. The van der Waals surface area contributed by atoms with E-state index in [1.807, 2.05) is 32.0 Å². The van der Waals surface area contributed by atoms with Crippen molar-refractivity contribution in [3.8, 4) is 11.5 Å². The van der Waals surface area contributed by atoms with E-state index in [0.29, 0.717) is 29.9 Å². The number of methoxy groups -OCH3 is 1. The van der Waals surface area contributed by atoms with Gasteiger partial charge in [0.1, 0.15) is 0 Å². The number of amides is 2. The van der Waals surface area contributed by atoms with Crippen LogP contribution in [0.5, 0.6) is 11.5 Å². The Bertz CT molecular complexity index is 898. The first-order chi connectivity index (χ1) is 15.1. The van der Waals surface area contributed by atoms with Gasteiger partial charge in [0.2, 0.25) is 5.91 Å². The summed E-state index contributed by atoms with van der Waals surface area (Å²) < 4.78 is 17.4. The van der Waals surface area contributed by atoms with E-state index in [2.05, 4.69) is 19.2 Å². The Morgan fingerprint density at radius 3 is 2.69 bits per heavy atom. The molecule has 176 valence electrons. The van der Waals surface area contributed by atoms with Crippen molar-refractivity contribution in [1.82, 2.24) is 5.32 Å². The van der Waals surface area contributed by atoms with Gasteiger partial charge in [-0.1, -0.05) is 33.8 Å². The number of fused-ring (bicyclic) bond motifs is 1. The van der Waals surface area contributed by atoms with Crippen molar-refractivity contribution in [1.29, 1.82) is 0 Å². The Labute approximate surface area is 190 Å². The SMILES string of the molecule is COc1cc([C@H]2OCCC34C[C@@H](C[C@H]23)C(C)(C)[C@@H]4NC(=O)C(C)C)ccc1OCC(N)=O. The largest absolute Gasteiger partial charge is 0.493 e. The quantitative estimate of drug-likeness (QED) is 0.673. The molecular weight excluding hydrogens is 408 g/mol. The van der Waals surface area contributed by atoms with Crippen molar-refractivity contribution in [2.24, 2.45) is 34.3 Å². The minimum atomic E-state index is -0.534. The average molecular weight is 445 g/mol. The van der Waals surface area contributed by atoms with Crippen LogP contribution in [0.3, 0.4) is 0 Å². The lowest BCUT2D eigenvalue weighted by Crippen LogP contribution is -2.59. The van der Waals surface area contributed by atoms with Crippen molar-refractivity contribution in [2.45, 2.75) is 59.1 Å². The first-order valence-electron chi connectivity index (χ1n) is 11.6. The molecule has 2 amide bonds. The lowest BCUT2D eigenvalue weighted by Gasteiger charge is -2.53. The third-order valence-corrected chi connectivity index (χ3v) is 8.20. The number of benzene rings is 1. The Morgan fingerprint density at radius 1 is 1.28 bits per heavy atom. The van der Waals surface area contributed by atoms with Gasteiger partial charge in [-0.15, -0.1) is 0 Å². The fraction of sp³-hybridized carbons (Fsp3) is 0.680. The van der Waals surface area contributed by atoms with E-state index in [-0.39, 0.29) is 41.4 Å². The standard InChI is InChI=1S/C25H36N2O5/c1-14(2)22(29)27-23-24(3,4)16-11-17-21(31-9-8-25(17,23)12-16)15-6-7-18(19(10-15)30-5)32-13-20(26)28/h6-7,10,14,16-17,21,23H,8-9,11-13H2,1-5H3,(H2,26,28)(H,27,29)/t16-,17-,21-,23+,25?/m1/s1. The molecule has 2 aliphatic carbocycles. The first-order valence-corrected chi connectivity index (χ1v) is 11.6. The molecule has 1 aromatic carbocycles. The van der Waals surface area contributed by atoms with Gasteiger partial charge in [0.25, 0.3) is 5.91 Å². The van der Waals surface area contributed by atoms with Crippen LogP contribution in [0.15, 0.2) is 18.2 Å². The highest BCUT2D eigenvalue weighted by atomic mass is 16.5. The highest BCUT2D eigenvalue weighted by Gasteiger charge is 2.68. The molecule has 0 radical (unpaired) electrons. The second-order valence-corrected chi connectivity index (χ2v) is 10.6. The molecular formula is C25H36N2O5. The van der Waals surface area contributed by atoms with E-state index in [0.717, 1.165) is 24.8 Å². The van der Waals surface area contributed by atoms with Gasteiger partial charge in [0.15, 0.2) is 18.1 Å². The predicted molar refractivity (Wildman–Crippen MR) is 120 cm³/mol. The fourth-order valence-electron chi connectivity index (χ4n) is 6.56. The normalized spacial score (nSPS) is 32.4. The number of nitrogens with one attached hydrogen (secondary N) is 1. The Hall–Kier alpha value is -2.28. The van der Waals surface area contributed by atoms with Crippen molar-refractivity contribution in [2.75, 3.05) is 20.3 Å². The second-order valence-electron chi connectivity index (χ2n) is 10.6. The van der Waals surface area contributed by atoms with E-state index in [9.17, 15) is 9.59 Å². The molecule has 1 saturated heterocycles. The number of rotatable bonds is 7. The van der Waals surface area contributed by atoms with E-state index in [1.165, 1.54) is 0 Å². The van der Waals surface area contributed by atoms with Crippen LogP contribution < -0.4 is 20.5 Å². The summed E-state index contributed by atoms with van der Waals surface area (Å²) in [4.78, 5) is 23.8. The summed E-state index contributed by atoms with van der Waals surface area (Å²) in [7, 11) is 1.58. The molecule has 1 aliphatic heterocycles. The molecule has 3 fully saturated rings. The van der Waals surface area contributed by atoms with E-state index >= 15 is 0 Å². The van der Waals surface area contributed by atoms with Crippen LogP contribution >= 0.6 is 0 Å². The molecule has 0 aromatic heterocycles. The molecule has 2 bridgehead atoms. The highest BCUT2D eigenvalue weighted by Crippen LogP contribution is 2.70. The van der Waals surface area contributed by atoms with Crippen LogP contribution in [-0.2, 0) is 14.3 Å². The molecule has 7 heteroatoms. The maximum absolute atomic E-state index is 12.7. The van der Waals surface area contributed by atoms with Gasteiger partial charge >= 0.3 is 0 Å². The van der Waals surface area contributed by atoms with Crippen molar-refractivity contribution < 1.29 is 23.8 Å². The van der Waals surface area contributed by atoms with Gasteiger partial charge in [-0.25, -0.2) is 0 Å². The van der Waals surface area contributed by atoms with Crippen LogP contribution in [-0.4, -0.2) is 38.2 Å². The number of primary amides is 1. The Morgan fingerprint density at radius 2 is 2.03 bits per heavy atom. The zero-order valence-corrected chi connectivity index (χ0v) is 19.8. The Balaban J connectivity index is 1.63. The first kappa shape index (κ1) is 22.9. The number of nitrogens with two attached hydrogens (primary N) is 1. The third kappa shape index (κ3) is 3.64. The lowest BCUT2D eigenvalue weighted by molar-refractivity contribution is -0.139. The summed E-state index contributed by atoms with van der Waals surface area (Å²) in [5.41, 5.74) is 6.34. The number of carbonyl (C=O) groups is 2. The summed E-state index contributed by atoms with van der Waals surface area (Å²) >= 11 is 0. The van der Waals surface area contributed by atoms with E-state index in [4.69, 9.17) is 19.9 Å². The van der Waals surface area contributed by atoms with Crippen LogP contribution in [0, 0.1) is 28.6 Å². The van der Waals surface area contributed by atoms with E-state index < -0.39 is 5.91 Å². The summed E-state index contributed by atoms with van der Waals surface area (Å²) in [5.74, 6) is 1.48. The summed E-state index contributed by atoms with van der Waals surface area (Å²) in [6, 6.07) is 5.89. The van der Waals surface area contributed by atoms with Gasteiger partial charge in [-0.3, -0.25) is 9.59 Å². The zero-order valence-electron chi connectivity index (χ0n) is 19.8. The maximum atomic E-state index is 12.7. The fourth-order valence-corrected chi connectivity index (χ4v) is 6.56. The molecule has 32 heavy (non-hydrogen) atoms. The molecule has 3 N–H and O–H groups in total. The molecule has 5 atom stereocenters. The number of hydrogen-bond acceptors (Lipinski definition) is 5. The van der Waals surface area contributed by atoms with Crippen molar-refractivity contribution in [3.63, 3.8) is 0 Å². The summed E-state index contributed by atoms with van der Waals surface area (Å²) in [5, 5.41) is 3.44. The molecule has 2 saturated carbocycles. The Kier molecular flexibility index (Phi) is 5.90. The summed E-state index contributed by atoms with van der Waals surface area (Å²) in [6.07, 6.45) is 3.12. The molecule has 4 rings (SSSR count). The minimum absolute atomic E-state index is 0.0346. The zero-order chi connectivity index (χ0) is 23.3. The minimum Gasteiger partial charge on any atom is -0.493 e. The molecule has 1 spiro atoms. The summed E-state index contributed by atoms with van der Waals surface area (Å²) in [6.45, 7) is 8.99. The monoisotopic (exact) mass is 444 g/mol.